The molecule has 1 rings (SSSR count). The van der Waals surface area contributed by atoms with Gasteiger partial charge in [0.2, 0.25) is 0 Å². The number of carbonyl (C=O) groups is 1. The van der Waals surface area contributed by atoms with E-state index in [0.717, 1.165) is 25.9 Å². The number of ketones is 1. The largest absolute Gasteiger partial charge is 0.353 e. The van der Waals surface area contributed by atoms with Crippen molar-refractivity contribution in [3.63, 3.8) is 0 Å². The summed E-state index contributed by atoms with van der Waals surface area (Å²) in [5, 5.41) is 0. The van der Waals surface area contributed by atoms with Crippen molar-refractivity contribution in [1.82, 2.24) is 0 Å². The third-order valence-corrected chi connectivity index (χ3v) is 2.29. The van der Waals surface area contributed by atoms with Crippen LogP contribution in [-0.4, -0.2) is 24.8 Å². The van der Waals surface area contributed by atoms with Crippen molar-refractivity contribution in [2.45, 2.75) is 45.0 Å². The molecule has 0 radical (unpaired) electrons. The van der Waals surface area contributed by atoms with Crippen LogP contribution in [0.25, 0.3) is 0 Å². The zero-order chi connectivity index (χ0) is 10.4. The quantitative estimate of drug-likeness (QED) is 0.634. The van der Waals surface area contributed by atoms with Crippen molar-refractivity contribution in [3.8, 4) is 0 Å². The predicted molar refractivity (Wildman–Crippen MR) is 54.0 cm³/mol. The van der Waals surface area contributed by atoms with E-state index in [1.165, 1.54) is 6.92 Å². The van der Waals surface area contributed by atoms with Crippen LogP contribution in [0.4, 0.5) is 0 Å². The van der Waals surface area contributed by atoms with Gasteiger partial charge in [-0.05, 0) is 32.6 Å². The Balaban J connectivity index is 2.36. The Hall–Kier alpha value is -0.670. The SMILES string of the molecule is C=CCC(OC1CCCCO1)C(C)=O. The molecule has 3 heteroatoms. The molecule has 80 valence electrons. The molecule has 0 aromatic heterocycles. The van der Waals surface area contributed by atoms with Gasteiger partial charge < -0.3 is 9.47 Å². The monoisotopic (exact) mass is 198 g/mol. The van der Waals surface area contributed by atoms with Gasteiger partial charge in [-0.15, -0.1) is 6.58 Å². The molecule has 0 amide bonds. The van der Waals surface area contributed by atoms with Crippen LogP contribution >= 0.6 is 0 Å². The van der Waals surface area contributed by atoms with E-state index in [2.05, 4.69) is 6.58 Å². The summed E-state index contributed by atoms with van der Waals surface area (Å²) < 4.78 is 10.9. The molecule has 2 atom stereocenters. The van der Waals surface area contributed by atoms with Crippen LogP contribution < -0.4 is 0 Å². The van der Waals surface area contributed by atoms with E-state index < -0.39 is 0 Å². The van der Waals surface area contributed by atoms with Crippen molar-refractivity contribution >= 4 is 5.78 Å². The van der Waals surface area contributed by atoms with E-state index in [4.69, 9.17) is 9.47 Å². The number of Topliss-reactive ketones (excluding diaryl/α,β-unsaturated/α-hetero) is 1. The van der Waals surface area contributed by atoms with Gasteiger partial charge >= 0.3 is 0 Å². The van der Waals surface area contributed by atoms with Crippen LogP contribution in [-0.2, 0) is 14.3 Å². The van der Waals surface area contributed by atoms with Gasteiger partial charge in [0.15, 0.2) is 12.1 Å². The van der Waals surface area contributed by atoms with E-state index >= 15 is 0 Å². The van der Waals surface area contributed by atoms with Gasteiger partial charge in [0.05, 0.1) is 0 Å². The van der Waals surface area contributed by atoms with Crippen LogP contribution in [0, 0.1) is 0 Å². The Bertz CT molecular complexity index is 195. The lowest BCUT2D eigenvalue weighted by Gasteiger charge is -2.26. The van der Waals surface area contributed by atoms with E-state index in [-0.39, 0.29) is 18.2 Å². The predicted octanol–water partition coefficient (Wildman–Crippen LogP) is 2.06. The lowest BCUT2D eigenvalue weighted by Crippen LogP contribution is -2.31. The minimum Gasteiger partial charge on any atom is -0.353 e. The maximum absolute atomic E-state index is 11.2. The number of ether oxygens (including phenoxy) is 2. The van der Waals surface area contributed by atoms with Crippen LogP contribution in [0.15, 0.2) is 12.7 Å². The molecule has 0 aromatic rings. The molecule has 0 N–H and O–H groups in total. The normalized spacial score (nSPS) is 24.2. The van der Waals surface area contributed by atoms with Gasteiger partial charge in [0, 0.05) is 6.61 Å². The van der Waals surface area contributed by atoms with Crippen molar-refractivity contribution < 1.29 is 14.3 Å². The van der Waals surface area contributed by atoms with Crippen LogP contribution in [0.5, 0.6) is 0 Å². The zero-order valence-electron chi connectivity index (χ0n) is 8.70. The smallest absolute Gasteiger partial charge is 0.158 e. The maximum Gasteiger partial charge on any atom is 0.158 e. The first-order chi connectivity index (χ1) is 6.74. The van der Waals surface area contributed by atoms with Gasteiger partial charge in [0.1, 0.15) is 6.10 Å². The second kappa shape index (κ2) is 5.94. The van der Waals surface area contributed by atoms with Crippen LogP contribution in [0.3, 0.4) is 0 Å². The first-order valence-electron chi connectivity index (χ1n) is 5.12. The molecule has 0 saturated carbocycles. The van der Waals surface area contributed by atoms with Gasteiger partial charge in [0.25, 0.3) is 0 Å². The average Bonchev–Trinajstić information content (AvgIpc) is 2.18. The highest BCUT2D eigenvalue weighted by Crippen LogP contribution is 2.16. The zero-order valence-corrected chi connectivity index (χ0v) is 8.70. The van der Waals surface area contributed by atoms with E-state index in [1.807, 2.05) is 0 Å². The summed E-state index contributed by atoms with van der Waals surface area (Å²) in [5.74, 6) is 0.0408. The maximum atomic E-state index is 11.2. The van der Waals surface area contributed by atoms with Gasteiger partial charge in [-0.1, -0.05) is 6.08 Å². The molecule has 0 aliphatic carbocycles. The lowest BCUT2D eigenvalue weighted by molar-refractivity contribution is -0.189. The highest BCUT2D eigenvalue weighted by atomic mass is 16.7. The summed E-state index contributed by atoms with van der Waals surface area (Å²) in [7, 11) is 0. The fraction of sp³-hybridized carbons (Fsp3) is 0.727. The molecule has 1 aliphatic rings. The summed E-state index contributed by atoms with van der Waals surface area (Å²) in [6.07, 6.45) is 4.79. The lowest BCUT2D eigenvalue weighted by atomic mass is 10.1. The number of hydrogen-bond donors (Lipinski definition) is 0. The first-order valence-corrected chi connectivity index (χ1v) is 5.12. The number of hydrogen-bond acceptors (Lipinski definition) is 3. The molecule has 1 fully saturated rings. The Kier molecular flexibility index (Phi) is 4.84. The van der Waals surface area contributed by atoms with E-state index in [1.54, 1.807) is 6.08 Å². The van der Waals surface area contributed by atoms with Crippen LogP contribution in [0.2, 0.25) is 0 Å². The molecule has 14 heavy (non-hydrogen) atoms. The molecule has 1 heterocycles. The average molecular weight is 198 g/mol. The molecule has 0 aromatic carbocycles. The Morgan fingerprint density at radius 3 is 3.00 bits per heavy atom. The van der Waals surface area contributed by atoms with Crippen molar-refractivity contribution in [2.24, 2.45) is 0 Å². The minimum atomic E-state index is -0.379. The summed E-state index contributed by atoms with van der Waals surface area (Å²) in [6.45, 7) is 5.88. The molecule has 1 aliphatic heterocycles. The Morgan fingerprint density at radius 2 is 2.50 bits per heavy atom. The molecule has 0 spiro atoms. The van der Waals surface area contributed by atoms with Crippen molar-refractivity contribution in [2.75, 3.05) is 6.61 Å². The fourth-order valence-electron chi connectivity index (χ4n) is 1.47. The molecular formula is C11H18O3. The second-order valence-electron chi connectivity index (χ2n) is 3.56. The highest BCUT2D eigenvalue weighted by Gasteiger charge is 2.21. The first kappa shape index (κ1) is 11.4. The standard InChI is InChI=1S/C11H18O3/c1-3-6-10(9(2)12)14-11-7-4-5-8-13-11/h3,10-11H,1,4-8H2,2H3. The number of rotatable bonds is 5. The molecule has 2 unspecified atom stereocenters. The molecule has 3 nitrogen and oxygen atoms in total. The van der Waals surface area contributed by atoms with Gasteiger partial charge in [-0.3, -0.25) is 4.79 Å². The van der Waals surface area contributed by atoms with Gasteiger partial charge in [-0.25, -0.2) is 0 Å². The third kappa shape index (κ3) is 3.60. The summed E-state index contributed by atoms with van der Waals surface area (Å²) in [5.41, 5.74) is 0. The summed E-state index contributed by atoms with van der Waals surface area (Å²) >= 11 is 0. The minimum absolute atomic E-state index is 0.0408. The number of carbonyl (C=O) groups excluding carboxylic acids is 1. The Morgan fingerprint density at radius 1 is 1.71 bits per heavy atom. The fourth-order valence-corrected chi connectivity index (χ4v) is 1.47. The second-order valence-corrected chi connectivity index (χ2v) is 3.56. The van der Waals surface area contributed by atoms with Crippen molar-refractivity contribution in [1.29, 1.82) is 0 Å². The molecule has 0 bridgehead atoms. The third-order valence-electron chi connectivity index (χ3n) is 2.29. The summed E-state index contributed by atoms with van der Waals surface area (Å²) in [4.78, 5) is 11.2. The van der Waals surface area contributed by atoms with Crippen molar-refractivity contribution in [3.05, 3.63) is 12.7 Å². The van der Waals surface area contributed by atoms with Crippen LogP contribution in [0.1, 0.15) is 32.6 Å². The Labute approximate surface area is 85.1 Å². The molecule has 1 saturated heterocycles. The van der Waals surface area contributed by atoms with E-state index in [9.17, 15) is 4.79 Å². The van der Waals surface area contributed by atoms with E-state index in [0.29, 0.717) is 6.42 Å². The summed E-state index contributed by atoms with van der Waals surface area (Å²) in [6, 6.07) is 0. The topological polar surface area (TPSA) is 35.5 Å². The highest BCUT2D eigenvalue weighted by molar-refractivity contribution is 5.80. The molecular weight excluding hydrogens is 180 g/mol. The van der Waals surface area contributed by atoms with Gasteiger partial charge in [-0.2, -0.15) is 0 Å².